The van der Waals surface area contributed by atoms with E-state index in [4.69, 9.17) is 4.74 Å². The van der Waals surface area contributed by atoms with Gasteiger partial charge in [-0.3, -0.25) is 4.79 Å². The van der Waals surface area contributed by atoms with Crippen molar-refractivity contribution in [2.45, 2.75) is 45.6 Å². The van der Waals surface area contributed by atoms with Crippen LogP contribution >= 0.6 is 0 Å². The number of methoxy groups -OCH3 is 1. The van der Waals surface area contributed by atoms with E-state index in [0.29, 0.717) is 25.6 Å². The Kier molecular flexibility index (Phi) is 8.78. The summed E-state index contributed by atoms with van der Waals surface area (Å²) in [5.74, 6) is 0.158. The number of nitrogens with one attached hydrogen (secondary N) is 1. The van der Waals surface area contributed by atoms with E-state index in [9.17, 15) is 4.79 Å². The molecule has 0 atom stereocenters. The van der Waals surface area contributed by atoms with Gasteiger partial charge in [0.05, 0.1) is 6.42 Å². The first-order valence-corrected chi connectivity index (χ1v) is 8.31. The number of allylic oxidation sites excluding steroid dienone is 2. The van der Waals surface area contributed by atoms with Crippen molar-refractivity contribution in [3.05, 3.63) is 36.1 Å². The molecule has 0 unspecified atom stereocenters. The second-order valence-electron chi connectivity index (χ2n) is 5.27. The van der Waals surface area contributed by atoms with Crippen LogP contribution in [0.25, 0.3) is 0 Å². The summed E-state index contributed by atoms with van der Waals surface area (Å²) in [5, 5.41) is 3.43. The Hall–Kier alpha value is -1.39. The first-order chi connectivity index (χ1) is 10.8. The Labute approximate surface area is 134 Å². The first kappa shape index (κ1) is 18.7. The minimum absolute atomic E-state index is 0.158. The van der Waals surface area contributed by atoms with Crippen LogP contribution in [0.4, 0.5) is 0 Å². The molecule has 1 aliphatic carbocycles. The molecular weight excluding hydrogens is 276 g/mol. The smallest absolute Gasteiger partial charge is 0.231 e. The Morgan fingerprint density at radius 2 is 2.14 bits per heavy atom. The molecule has 124 valence electrons. The summed E-state index contributed by atoms with van der Waals surface area (Å²) in [4.78, 5) is 13.9. The van der Waals surface area contributed by atoms with Gasteiger partial charge >= 0.3 is 0 Å². The van der Waals surface area contributed by atoms with Crippen LogP contribution in [0.1, 0.15) is 39.5 Å². The van der Waals surface area contributed by atoms with E-state index in [2.05, 4.69) is 18.0 Å². The maximum Gasteiger partial charge on any atom is 0.231 e. The summed E-state index contributed by atoms with van der Waals surface area (Å²) in [7, 11) is 1.68. The van der Waals surface area contributed by atoms with Gasteiger partial charge in [-0.15, -0.1) is 0 Å². The molecule has 4 heteroatoms. The molecule has 0 spiro atoms. The number of ether oxygens (including phenoxy) is 1. The number of hydrogen-bond donors (Lipinski definition) is 1. The van der Waals surface area contributed by atoms with Crippen LogP contribution in [0.5, 0.6) is 0 Å². The molecule has 1 N–H and O–H groups in total. The van der Waals surface area contributed by atoms with E-state index >= 15 is 0 Å². The molecule has 2 aliphatic rings. The third-order valence-corrected chi connectivity index (χ3v) is 3.62. The lowest BCUT2D eigenvalue weighted by Gasteiger charge is -2.18. The fourth-order valence-corrected chi connectivity index (χ4v) is 2.34. The Morgan fingerprint density at radius 3 is 2.73 bits per heavy atom. The van der Waals surface area contributed by atoms with Gasteiger partial charge in [-0.05, 0) is 30.9 Å². The fraction of sp³-hybridized carbons (Fsp3) is 0.611. The van der Waals surface area contributed by atoms with E-state index in [0.717, 1.165) is 24.2 Å². The van der Waals surface area contributed by atoms with Crippen molar-refractivity contribution in [2.24, 2.45) is 0 Å². The molecule has 4 nitrogen and oxygen atoms in total. The summed E-state index contributed by atoms with van der Waals surface area (Å²) in [6, 6.07) is 0.704. The molecular formula is C18H30N2O2. The van der Waals surface area contributed by atoms with Gasteiger partial charge in [-0.1, -0.05) is 32.6 Å². The molecule has 0 aromatic carbocycles. The Bertz CT molecular complexity index is 423. The highest BCUT2D eigenvalue weighted by atomic mass is 16.5. The largest absolute Gasteiger partial charge is 0.385 e. The van der Waals surface area contributed by atoms with Gasteiger partial charge in [0, 0.05) is 38.5 Å². The molecule has 0 bridgehead atoms. The third-order valence-electron chi connectivity index (χ3n) is 3.62. The monoisotopic (exact) mass is 306 g/mol. The van der Waals surface area contributed by atoms with Gasteiger partial charge in [-0.2, -0.15) is 0 Å². The highest BCUT2D eigenvalue weighted by Crippen LogP contribution is 2.26. The zero-order valence-electron chi connectivity index (χ0n) is 14.2. The molecule has 22 heavy (non-hydrogen) atoms. The van der Waals surface area contributed by atoms with E-state index in [1.54, 1.807) is 13.2 Å². The fourth-order valence-electron chi connectivity index (χ4n) is 2.34. The van der Waals surface area contributed by atoms with Gasteiger partial charge in [-0.25, -0.2) is 0 Å². The van der Waals surface area contributed by atoms with Crippen molar-refractivity contribution in [2.75, 3.05) is 26.8 Å². The lowest BCUT2D eigenvalue weighted by atomic mass is 10.2. The number of nitrogens with zero attached hydrogens (tertiary/aromatic N) is 1. The molecule has 0 saturated heterocycles. The number of hydrogen-bond acceptors (Lipinski definition) is 3. The summed E-state index contributed by atoms with van der Waals surface area (Å²) in [5.41, 5.74) is 2.02. The van der Waals surface area contributed by atoms with Crippen LogP contribution in [-0.2, 0) is 9.53 Å². The molecule has 2 rings (SSSR count). The molecule has 1 saturated carbocycles. The lowest BCUT2D eigenvalue weighted by Crippen LogP contribution is -2.26. The summed E-state index contributed by atoms with van der Waals surface area (Å²) < 4.78 is 5.05. The van der Waals surface area contributed by atoms with Crippen molar-refractivity contribution in [3.8, 4) is 0 Å². The van der Waals surface area contributed by atoms with Crippen LogP contribution in [0.3, 0.4) is 0 Å². The van der Waals surface area contributed by atoms with Crippen molar-refractivity contribution >= 4 is 5.91 Å². The van der Waals surface area contributed by atoms with Gasteiger partial charge in [0.15, 0.2) is 0 Å². The quantitative estimate of drug-likeness (QED) is 0.666. The van der Waals surface area contributed by atoms with E-state index in [1.165, 1.54) is 12.8 Å². The van der Waals surface area contributed by atoms with E-state index < -0.39 is 0 Å². The van der Waals surface area contributed by atoms with Crippen LogP contribution in [0.2, 0.25) is 0 Å². The van der Waals surface area contributed by atoms with Crippen LogP contribution in [0.15, 0.2) is 36.1 Å². The molecule has 1 heterocycles. The van der Waals surface area contributed by atoms with Crippen LogP contribution < -0.4 is 5.32 Å². The average molecular weight is 306 g/mol. The molecule has 1 amide bonds. The normalized spacial score (nSPS) is 18.0. The van der Waals surface area contributed by atoms with Gasteiger partial charge in [0.25, 0.3) is 0 Å². The second-order valence-corrected chi connectivity index (χ2v) is 5.27. The lowest BCUT2D eigenvalue weighted by molar-refractivity contribution is -0.127. The van der Waals surface area contributed by atoms with Gasteiger partial charge in [0.2, 0.25) is 5.91 Å². The topological polar surface area (TPSA) is 41.6 Å². The predicted octanol–water partition coefficient (Wildman–Crippen LogP) is 3.03. The van der Waals surface area contributed by atoms with E-state index in [-0.39, 0.29) is 5.91 Å². The van der Waals surface area contributed by atoms with Crippen molar-refractivity contribution < 1.29 is 9.53 Å². The van der Waals surface area contributed by atoms with Crippen molar-refractivity contribution in [3.63, 3.8) is 0 Å². The maximum atomic E-state index is 12.0. The zero-order valence-corrected chi connectivity index (χ0v) is 14.2. The van der Waals surface area contributed by atoms with Gasteiger partial charge < -0.3 is 15.0 Å². The first-order valence-electron chi connectivity index (χ1n) is 8.31. The Morgan fingerprint density at radius 1 is 1.41 bits per heavy atom. The molecule has 0 aromatic rings. The zero-order chi connectivity index (χ0) is 16.4. The van der Waals surface area contributed by atoms with Crippen LogP contribution in [-0.4, -0.2) is 43.7 Å². The molecule has 0 radical (unpaired) electrons. The molecule has 1 aliphatic heterocycles. The second kappa shape index (κ2) is 10.4. The van der Waals surface area contributed by atoms with E-state index in [1.807, 2.05) is 24.8 Å². The third kappa shape index (κ3) is 5.78. The molecule has 0 aromatic heterocycles. The van der Waals surface area contributed by atoms with Crippen molar-refractivity contribution in [1.82, 2.24) is 10.2 Å². The van der Waals surface area contributed by atoms with Gasteiger partial charge in [0.1, 0.15) is 0 Å². The Balaban J connectivity index is 0.00000116. The number of rotatable bonds is 9. The average Bonchev–Trinajstić information content (AvgIpc) is 3.32. The summed E-state index contributed by atoms with van der Waals surface area (Å²) in [6.45, 7) is 10.1. The minimum Gasteiger partial charge on any atom is -0.385 e. The minimum atomic E-state index is 0.158. The number of amides is 1. The highest BCUT2D eigenvalue weighted by Gasteiger charge is 2.26. The maximum absolute atomic E-state index is 12.0. The van der Waals surface area contributed by atoms with Crippen LogP contribution in [0, 0.1) is 0 Å². The highest BCUT2D eigenvalue weighted by molar-refractivity contribution is 5.86. The molecule has 1 fully saturated rings. The van der Waals surface area contributed by atoms with Crippen molar-refractivity contribution in [1.29, 1.82) is 0 Å². The SMILES string of the molecule is C=CC1=C(/C=C/CNC2CC2)N(CCCOC)C(=O)C1.CC. The standard InChI is InChI=1S/C16H24N2O2.C2H6/c1-3-13-12-16(19)18(10-5-11-20-2)15(13)6-4-9-17-14-7-8-14;1-2/h3-4,6,14,17H,1,5,7-12H2,2H3;1-2H3/b6-4+;. The predicted molar refractivity (Wildman–Crippen MR) is 91.6 cm³/mol. The number of carbonyl (C=O) groups excluding carboxylic acids is 1. The number of carbonyl (C=O) groups is 1. The summed E-state index contributed by atoms with van der Waals surface area (Å²) in [6.07, 6.45) is 9.83. The summed E-state index contributed by atoms with van der Waals surface area (Å²) >= 11 is 0.